The third-order valence-corrected chi connectivity index (χ3v) is 2.18. The van der Waals surface area contributed by atoms with Crippen molar-refractivity contribution >= 4 is 17.8 Å². The fourth-order valence-electron chi connectivity index (χ4n) is 1.56. The molecule has 1 rings (SSSR count). The number of likely N-dealkylation sites (tertiary alicyclic amines) is 1. The summed E-state index contributed by atoms with van der Waals surface area (Å²) in [6.45, 7) is 9.25. The van der Waals surface area contributed by atoms with E-state index < -0.39 is 48.0 Å². The molecule has 1 heterocycles. The molecule has 0 aliphatic carbocycles. The Morgan fingerprint density at radius 2 is 1.65 bits per heavy atom. The number of hydrogen-bond donors (Lipinski definition) is 0. The molecule has 1 amide bonds. The first-order valence-corrected chi connectivity index (χ1v) is 6.41. The van der Waals surface area contributed by atoms with Crippen molar-refractivity contribution in [3.05, 3.63) is 0 Å². The van der Waals surface area contributed by atoms with Gasteiger partial charge in [0.15, 0.2) is 5.78 Å². The summed E-state index contributed by atoms with van der Waals surface area (Å²) >= 11 is 0. The van der Waals surface area contributed by atoms with E-state index in [1.54, 1.807) is 41.5 Å². The Morgan fingerprint density at radius 1 is 1.15 bits per heavy atom. The highest BCUT2D eigenvalue weighted by atomic mass is 16.6. The van der Waals surface area contributed by atoms with E-state index in [1.165, 1.54) is 0 Å². The number of rotatable bonds is 1. The van der Waals surface area contributed by atoms with Crippen LogP contribution in [0.15, 0.2) is 0 Å². The number of Topliss-reactive ketones (excluding diaryl/α,β-unsaturated/α-hetero) is 1. The van der Waals surface area contributed by atoms with Gasteiger partial charge >= 0.3 is 12.1 Å². The van der Waals surface area contributed by atoms with Gasteiger partial charge in [-0.2, -0.15) is 0 Å². The molecule has 1 atom stereocenters. The van der Waals surface area contributed by atoms with E-state index in [2.05, 4.69) is 0 Å². The number of carbonyl (C=O) groups excluding carboxylic acids is 3. The van der Waals surface area contributed by atoms with Crippen LogP contribution in [0.1, 0.15) is 50.7 Å². The van der Waals surface area contributed by atoms with E-state index in [1.807, 2.05) is 0 Å². The predicted molar refractivity (Wildman–Crippen MR) is 72.2 cm³/mol. The summed E-state index contributed by atoms with van der Waals surface area (Å²) in [6, 6.07) is -1.64. The van der Waals surface area contributed by atoms with Crippen LogP contribution >= 0.6 is 0 Å². The predicted octanol–water partition coefficient (Wildman–Crippen LogP) is 1.91. The molecular formula is C14H23NO5. The highest BCUT2D eigenvalue weighted by Crippen LogP contribution is 2.21. The van der Waals surface area contributed by atoms with Crippen LogP contribution in [0.2, 0.25) is 0 Å². The second kappa shape index (κ2) is 5.42. The number of hydrogen-bond acceptors (Lipinski definition) is 5. The molecule has 0 aromatic rings. The lowest BCUT2D eigenvalue weighted by molar-refractivity contribution is -0.160. The molecule has 0 aromatic carbocycles. The normalized spacial score (nSPS) is 24.0. The maximum atomic E-state index is 12.2. The summed E-state index contributed by atoms with van der Waals surface area (Å²) in [4.78, 5) is 37.0. The summed E-state index contributed by atoms with van der Waals surface area (Å²) in [5, 5.41) is 0. The molecule has 0 bridgehead atoms. The third-order valence-electron chi connectivity index (χ3n) is 2.18. The van der Waals surface area contributed by atoms with Crippen LogP contribution < -0.4 is 0 Å². The molecule has 0 radical (unpaired) electrons. The average molecular weight is 287 g/mol. The van der Waals surface area contributed by atoms with Gasteiger partial charge < -0.3 is 9.47 Å². The van der Waals surface area contributed by atoms with Crippen LogP contribution in [0.4, 0.5) is 4.79 Å². The van der Waals surface area contributed by atoms with Crippen LogP contribution in [0.5, 0.6) is 0 Å². The zero-order valence-corrected chi connectivity index (χ0v) is 12.8. The van der Waals surface area contributed by atoms with Gasteiger partial charge in [-0.05, 0) is 41.5 Å². The lowest BCUT2D eigenvalue weighted by atomic mass is 10.1. The molecule has 0 aromatic heterocycles. The smallest absolute Gasteiger partial charge is 0.411 e. The molecule has 20 heavy (non-hydrogen) atoms. The molecule has 6 heteroatoms. The van der Waals surface area contributed by atoms with E-state index in [-0.39, 0.29) is 0 Å². The Bertz CT molecular complexity index is 490. The van der Waals surface area contributed by atoms with Crippen molar-refractivity contribution in [1.82, 2.24) is 4.90 Å². The standard InChI is InChI=1S/C14H23NO5/c1-13(2,3)19-11(17)10-7-9(16)8-15(10)12(18)20-14(4,5)6/h10H,7-8H2,1-6H3/t10-/m0/s1/i7D2. The van der Waals surface area contributed by atoms with Gasteiger partial charge in [-0.1, -0.05) is 0 Å². The van der Waals surface area contributed by atoms with Crippen LogP contribution in [0.3, 0.4) is 0 Å². The number of esters is 1. The Labute approximate surface area is 122 Å². The minimum Gasteiger partial charge on any atom is -0.458 e. The molecule has 114 valence electrons. The molecule has 0 spiro atoms. The zero-order chi connectivity index (χ0) is 17.5. The maximum absolute atomic E-state index is 12.2. The van der Waals surface area contributed by atoms with Gasteiger partial charge in [-0.15, -0.1) is 0 Å². The summed E-state index contributed by atoms with van der Waals surface area (Å²) < 4.78 is 25.9. The molecule has 1 saturated heterocycles. The summed E-state index contributed by atoms with van der Waals surface area (Å²) in [7, 11) is 0. The highest BCUT2D eigenvalue weighted by molar-refractivity contribution is 5.95. The monoisotopic (exact) mass is 287 g/mol. The van der Waals surface area contributed by atoms with Gasteiger partial charge in [0.1, 0.15) is 17.2 Å². The largest absolute Gasteiger partial charge is 0.458 e. The van der Waals surface area contributed by atoms with E-state index in [0.717, 1.165) is 4.90 Å². The van der Waals surface area contributed by atoms with Crippen molar-refractivity contribution in [3.63, 3.8) is 0 Å². The molecular weight excluding hydrogens is 262 g/mol. The minimum atomic E-state index is -2.50. The van der Waals surface area contributed by atoms with Gasteiger partial charge in [0, 0.05) is 9.11 Å². The van der Waals surface area contributed by atoms with E-state index in [0.29, 0.717) is 0 Å². The number of ether oxygens (including phenoxy) is 2. The van der Waals surface area contributed by atoms with E-state index in [9.17, 15) is 14.4 Å². The number of amides is 1. The topological polar surface area (TPSA) is 72.9 Å². The third kappa shape index (κ3) is 4.83. The van der Waals surface area contributed by atoms with Crippen LogP contribution in [0.25, 0.3) is 0 Å². The minimum absolute atomic E-state index is 0.522. The first-order chi connectivity index (χ1) is 9.65. The van der Waals surface area contributed by atoms with Crippen molar-refractivity contribution < 1.29 is 26.6 Å². The number of carbonyl (C=O) groups is 3. The Morgan fingerprint density at radius 3 is 2.10 bits per heavy atom. The van der Waals surface area contributed by atoms with Gasteiger partial charge in [0.05, 0.1) is 6.54 Å². The number of nitrogens with zero attached hydrogens (tertiary/aromatic N) is 1. The second-order valence-corrected chi connectivity index (χ2v) is 6.61. The second-order valence-electron chi connectivity index (χ2n) is 6.61. The van der Waals surface area contributed by atoms with Crippen molar-refractivity contribution in [2.75, 3.05) is 6.54 Å². The van der Waals surface area contributed by atoms with Gasteiger partial charge in [-0.25, -0.2) is 9.59 Å². The average Bonchev–Trinajstić information content (AvgIpc) is 2.45. The van der Waals surface area contributed by atoms with Gasteiger partial charge in [0.2, 0.25) is 0 Å². The van der Waals surface area contributed by atoms with Crippen molar-refractivity contribution in [1.29, 1.82) is 0 Å². The van der Waals surface area contributed by atoms with Crippen molar-refractivity contribution in [2.24, 2.45) is 0 Å². The Hall–Kier alpha value is -1.59. The fraction of sp³-hybridized carbons (Fsp3) is 0.786. The molecule has 0 N–H and O–H groups in total. The van der Waals surface area contributed by atoms with Crippen LogP contribution in [-0.2, 0) is 19.1 Å². The quantitative estimate of drug-likeness (QED) is 0.689. The number of ketones is 1. The first-order valence-electron chi connectivity index (χ1n) is 7.41. The summed E-state index contributed by atoms with van der Waals surface area (Å²) in [5.41, 5.74) is -1.69. The molecule has 1 fully saturated rings. The van der Waals surface area contributed by atoms with Crippen molar-refractivity contribution in [3.8, 4) is 0 Å². The molecule has 1 aliphatic rings. The highest BCUT2D eigenvalue weighted by Gasteiger charge is 2.42. The molecule has 0 saturated carbocycles. The Kier molecular flexibility index (Phi) is 3.63. The summed E-state index contributed by atoms with van der Waals surface area (Å²) in [5.74, 6) is -1.82. The molecule has 1 aliphatic heterocycles. The summed E-state index contributed by atoms with van der Waals surface area (Å²) in [6.07, 6.45) is -3.42. The van der Waals surface area contributed by atoms with Gasteiger partial charge in [0.25, 0.3) is 0 Å². The molecule has 6 nitrogen and oxygen atoms in total. The van der Waals surface area contributed by atoms with Gasteiger partial charge in [-0.3, -0.25) is 9.69 Å². The maximum Gasteiger partial charge on any atom is 0.411 e. The fourth-order valence-corrected chi connectivity index (χ4v) is 1.56. The van der Waals surface area contributed by atoms with E-state index >= 15 is 0 Å². The molecule has 0 unspecified atom stereocenters. The SMILES string of the molecule is [2H]C1([2H])C(=O)CN(C(=O)OC(C)(C)C)[C@@H]1C(=O)OC(C)(C)C. The lowest BCUT2D eigenvalue weighted by Gasteiger charge is -2.29. The lowest BCUT2D eigenvalue weighted by Crippen LogP contribution is -2.45. The van der Waals surface area contributed by atoms with Crippen molar-refractivity contribution in [2.45, 2.75) is 65.2 Å². The Balaban J connectivity index is 3.08. The van der Waals surface area contributed by atoms with E-state index in [4.69, 9.17) is 12.2 Å². The van der Waals surface area contributed by atoms with Crippen LogP contribution in [0, 0.1) is 0 Å². The zero-order valence-electron chi connectivity index (χ0n) is 14.8. The van der Waals surface area contributed by atoms with Crippen LogP contribution in [-0.4, -0.2) is 46.5 Å². The first kappa shape index (κ1) is 13.4.